The van der Waals surface area contributed by atoms with E-state index in [-0.39, 0.29) is 70.6 Å². The summed E-state index contributed by atoms with van der Waals surface area (Å²) in [4.78, 5) is 62.7. The molecule has 4 saturated carbocycles. The Labute approximate surface area is 329 Å². The molecule has 1 amide bonds. The van der Waals surface area contributed by atoms with Gasteiger partial charge in [0, 0.05) is 49.4 Å². The van der Waals surface area contributed by atoms with Gasteiger partial charge in [-0.15, -0.1) is 0 Å². The smallest absolute Gasteiger partial charge is 0.232 e. The molecule has 4 aliphatic rings. The Balaban J connectivity index is 0.000000213. The number of benzene rings is 2. The van der Waals surface area contributed by atoms with Crippen molar-refractivity contribution in [1.29, 1.82) is 0 Å². The average Bonchev–Trinajstić information content (AvgIpc) is 3.51. The van der Waals surface area contributed by atoms with E-state index in [1.54, 1.807) is 0 Å². The molecule has 8 atom stereocenters. The zero-order valence-corrected chi connectivity index (χ0v) is 34.6. The first-order valence-corrected chi connectivity index (χ1v) is 20.9. The Bertz CT molecular complexity index is 1670. The molecule has 4 fully saturated rings. The number of aliphatic carboxylic acids is 1. The Kier molecular flexibility index (Phi) is 12.7. The lowest BCUT2D eigenvalue weighted by molar-refractivity contribution is -0.949. The van der Waals surface area contributed by atoms with Gasteiger partial charge < -0.3 is 20.1 Å². The SMILES string of the molecule is CC(C)[N+](C)(CCC(C(N)=O)(c1ccccc1)c1ccccc1)C(C)C.CC(CCC(=O)[O-])C1CCC2C3C(=O)CC4CC(=O)CCC4(C)C3CC(=O)C12C. The van der Waals surface area contributed by atoms with Gasteiger partial charge in [-0.2, -0.15) is 0 Å². The van der Waals surface area contributed by atoms with Crippen molar-refractivity contribution in [2.75, 3.05) is 13.6 Å². The lowest BCUT2D eigenvalue weighted by Crippen LogP contribution is -2.60. The second-order valence-electron chi connectivity index (χ2n) is 18.8. The lowest BCUT2D eigenvalue weighted by atomic mass is 9.44. The molecule has 8 unspecified atom stereocenters. The van der Waals surface area contributed by atoms with Crippen molar-refractivity contribution in [2.45, 2.75) is 130 Å². The van der Waals surface area contributed by atoms with Gasteiger partial charge in [0.15, 0.2) is 0 Å². The van der Waals surface area contributed by atoms with E-state index >= 15 is 0 Å². The molecule has 0 saturated heterocycles. The number of rotatable bonds is 12. The molecule has 8 heteroatoms. The van der Waals surface area contributed by atoms with Crippen LogP contribution in [0.2, 0.25) is 0 Å². The Hall–Kier alpha value is -3.65. The van der Waals surface area contributed by atoms with Gasteiger partial charge in [-0.25, -0.2) is 0 Å². The van der Waals surface area contributed by atoms with Crippen LogP contribution in [0.25, 0.3) is 0 Å². The minimum atomic E-state index is -1.04. The summed E-state index contributed by atoms with van der Waals surface area (Å²) in [5.74, 6) is -0.153. The van der Waals surface area contributed by atoms with E-state index in [4.69, 9.17) is 5.73 Å². The van der Waals surface area contributed by atoms with Crippen molar-refractivity contribution >= 4 is 29.2 Å². The molecule has 2 aromatic carbocycles. The van der Waals surface area contributed by atoms with Crippen LogP contribution in [0.15, 0.2) is 60.7 Å². The fourth-order valence-electron chi connectivity index (χ4n) is 11.8. The molecule has 0 heterocycles. The normalized spacial score (nSPS) is 29.9. The van der Waals surface area contributed by atoms with E-state index in [0.717, 1.165) is 41.4 Å². The third-order valence-corrected chi connectivity index (χ3v) is 16.0. The van der Waals surface area contributed by atoms with Crippen molar-refractivity contribution in [3.05, 3.63) is 71.8 Å². The van der Waals surface area contributed by atoms with Crippen LogP contribution in [0, 0.1) is 46.3 Å². The quantitative estimate of drug-likeness (QED) is 0.236. The summed E-state index contributed by atoms with van der Waals surface area (Å²) in [5.41, 5.74) is 6.57. The number of carboxylic acids is 1. The summed E-state index contributed by atoms with van der Waals surface area (Å²) < 4.78 is 0.898. The number of carboxylic acid groups (broad SMARTS) is 1. The molecular formula is C47H66N2O6. The fourth-order valence-corrected chi connectivity index (χ4v) is 11.8. The van der Waals surface area contributed by atoms with Gasteiger partial charge in [0.05, 0.1) is 25.7 Å². The van der Waals surface area contributed by atoms with Crippen LogP contribution < -0.4 is 10.8 Å². The number of nitrogens with zero attached hydrogens (tertiary/aromatic N) is 1. The zero-order chi connectivity index (χ0) is 40.5. The van der Waals surface area contributed by atoms with Gasteiger partial charge in [0.2, 0.25) is 5.91 Å². The fraction of sp³-hybridized carbons (Fsp3) is 0.638. The summed E-state index contributed by atoms with van der Waals surface area (Å²) in [6.45, 7) is 16.2. The Morgan fingerprint density at radius 2 is 1.42 bits per heavy atom. The minimum Gasteiger partial charge on any atom is -0.550 e. The van der Waals surface area contributed by atoms with Gasteiger partial charge in [-0.05, 0) is 106 Å². The first kappa shape index (κ1) is 42.5. The number of Topliss-reactive ketones (excluding diaryl/α,β-unsaturated/α-hetero) is 3. The van der Waals surface area contributed by atoms with E-state index in [0.29, 0.717) is 50.6 Å². The van der Waals surface area contributed by atoms with Crippen molar-refractivity contribution in [1.82, 2.24) is 0 Å². The second-order valence-corrected chi connectivity index (χ2v) is 18.8. The van der Waals surface area contributed by atoms with Gasteiger partial charge >= 0.3 is 0 Å². The van der Waals surface area contributed by atoms with Crippen LogP contribution >= 0.6 is 0 Å². The monoisotopic (exact) mass is 754 g/mol. The van der Waals surface area contributed by atoms with Crippen LogP contribution in [0.4, 0.5) is 0 Å². The number of primary amides is 1. The number of hydrogen-bond acceptors (Lipinski definition) is 6. The standard InChI is InChI=1S/C24H34O5.C23H32N2O/c1-13(4-7-21(28)29)16-5-6-17-22-18(12-20(27)24(16,17)3)23(2)9-8-15(25)10-14(23)11-19(22)26;1-18(2)25(5,19(3)4)17-16-23(22(24)26,20-12-8-6-9-13-20)21-14-10-7-11-15-21/h13-14,16-18,22H,4-12H2,1-3H3,(H,28,29);6-15,18-19H,16-17H2,1-5H3,(H-,24,26). The van der Waals surface area contributed by atoms with E-state index < -0.39 is 16.8 Å². The predicted octanol–water partition coefficient (Wildman–Crippen LogP) is 6.85. The van der Waals surface area contributed by atoms with E-state index in [1.165, 1.54) is 0 Å². The molecule has 8 nitrogen and oxygen atoms in total. The average molecular weight is 755 g/mol. The number of carbonyl (C=O) groups excluding carboxylic acids is 5. The van der Waals surface area contributed by atoms with Crippen molar-refractivity contribution in [2.24, 2.45) is 52.1 Å². The van der Waals surface area contributed by atoms with Crippen LogP contribution in [-0.2, 0) is 29.4 Å². The number of amides is 1. The van der Waals surface area contributed by atoms with Crippen LogP contribution in [0.1, 0.15) is 124 Å². The Morgan fingerprint density at radius 3 is 1.93 bits per heavy atom. The van der Waals surface area contributed by atoms with Gasteiger partial charge in [0.1, 0.15) is 22.8 Å². The number of quaternary nitrogens is 1. The molecule has 300 valence electrons. The minimum absolute atomic E-state index is 0.0192. The van der Waals surface area contributed by atoms with Gasteiger partial charge in [-0.1, -0.05) is 81.4 Å². The highest BCUT2D eigenvalue weighted by atomic mass is 16.4. The maximum absolute atomic E-state index is 13.6. The molecule has 0 bridgehead atoms. The van der Waals surface area contributed by atoms with Gasteiger partial charge in [0.25, 0.3) is 0 Å². The van der Waals surface area contributed by atoms with E-state index in [2.05, 4.69) is 48.6 Å². The highest BCUT2D eigenvalue weighted by Crippen LogP contribution is 2.66. The number of hydrogen-bond donors (Lipinski definition) is 1. The third kappa shape index (κ3) is 7.74. The maximum atomic E-state index is 13.6. The zero-order valence-electron chi connectivity index (χ0n) is 34.6. The van der Waals surface area contributed by atoms with Crippen LogP contribution in [0.5, 0.6) is 0 Å². The maximum Gasteiger partial charge on any atom is 0.232 e. The molecular weight excluding hydrogens is 689 g/mol. The lowest BCUT2D eigenvalue weighted by Gasteiger charge is -2.58. The first-order valence-electron chi connectivity index (χ1n) is 20.9. The second kappa shape index (κ2) is 16.4. The molecule has 55 heavy (non-hydrogen) atoms. The topological polar surface area (TPSA) is 134 Å². The number of fused-ring (bicyclic) bond motifs is 5. The molecule has 6 rings (SSSR count). The molecule has 2 aromatic rings. The number of nitrogens with two attached hydrogens (primary N) is 1. The summed E-state index contributed by atoms with van der Waals surface area (Å²) in [5, 5.41) is 10.9. The third-order valence-electron chi connectivity index (χ3n) is 16.0. The number of ketones is 3. The van der Waals surface area contributed by atoms with Crippen molar-refractivity contribution in [3.8, 4) is 0 Å². The van der Waals surface area contributed by atoms with Crippen molar-refractivity contribution in [3.63, 3.8) is 0 Å². The summed E-state index contributed by atoms with van der Waals surface area (Å²) in [7, 11) is 2.27. The largest absolute Gasteiger partial charge is 0.550 e. The van der Waals surface area contributed by atoms with E-state index in [9.17, 15) is 29.1 Å². The molecule has 0 radical (unpaired) electrons. The summed E-state index contributed by atoms with van der Waals surface area (Å²) >= 11 is 0. The predicted molar refractivity (Wildman–Crippen MR) is 213 cm³/mol. The highest BCUT2D eigenvalue weighted by molar-refractivity contribution is 5.93. The molecule has 0 aromatic heterocycles. The highest BCUT2D eigenvalue weighted by Gasteiger charge is 2.66. The molecule has 0 spiro atoms. The van der Waals surface area contributed by atoms with Gasteiger partial charge in [-0.3, -0.25) is 19.2 Å². The molecule has 2 N–H and O–H groups in total. The molecule has 0 aliphatic heterocycles. The first-order chi connectivity index (χ1) is 25.8. The van der Waals surface area contributed by atoms with Crippen LogP contribution in [-0.4, -0.2) is 59.4 Å². The Morgan fingerprint density at radius 1 is 0.855 bits per heavy atom. The van der Waals surface area contributed by atoms with Crippen molar-refractivity contribution < 1.29 is 33.6 Å². The molecule has 4 aliphatic carbocycles. The van der Waals surface area contributed by atoms with Crippen LogP contribution in [0.3, 0.4) is 0 Å². The summed E-state index contributed by atoms with van der Waals surface area (Å²) in [6.07, 6.45) is 5.76. The number of carbonyl (C=O) groups is 5. The van der Waals surface area contributed by atoms with E-state index in [1.807, 2.05) is 67.6 Å². The summed E-state index contributed by atoms with van der Waals surface area (Å²) in [6, 6.07) is 20.9.